The van der Waals surface area contributed by atoms with Crippen LogP contribution in [0.2, 0.25) is 0 Å². The lowest BCUT2D eigenvalue weighted by Crippen LogP contribution is -2.59. The molecule has 1 rings (SSSR count). The molecule has 1 saturated heterocycles. The van der Waals surface area contributed by atoms with Gasteiger partial charge >= 0.3 is 11.9 Å². The number of hydrogen-bond donors (Lipinski definition) is 4. The molecule has 10 heteroatoms. The molecular weight excluding hydrogens is 616 g/mol. The van der Waals surface area contributed by atoms with Gasteiger partial charge in [-0.2, -0.15) is 0 Å². The van der Waals surface area contributed by atoms with E-state index in [1.165, 1.54) is 51.4 Å². The van der Waals surface area contributed by atoms with Gasteiger partial charge in [0, 0.05) is 12.8 Å². The van der Waals surface area contributed by atoms with Gasteiger partial charge in [-0.1, -0.05) is 115 Å². The predicted octanol–water partition coefficient (Wildman–Crippen LogP) is 6.60. The molecule has 0 aromatic heterocycles. The molecule has 0 saturated carbocycles. The van der Waals surface area contributed by atoms with E-state index in [0.29, 0.717) is 6.42 Å². The Kier molecular flexibility index (Phi) is 27.7. The molecule has 1 aliphatic rings. The van der Waals surface area contributed by atoms with Crippen molar-refractivity contribution in [2.45, 2.75) is 185 Å². The summed E-state index contributed by atoms with van der Waals surface area (Å²) in [6.07, 6.45) is 22.1. The van der Waals surface area contributed by atoms with Crippen molar-refractivity contribution in [1.29, 1.82) is 0 Å². The first-order valence-corrected chi connectivity index (χ1v) is 18.9. The summed E-state index contributed by atoms with van der Waals surface area (Å²) in [5.74, 6) is -0.830. The zero-order valence-electron chi connectivity index (χ0n) is 30.0. The van der Waals surface area contributed by atoms with Gasteiger partial charge in [-0.15, -0.1) is 0 Å². The molecule has 0 aromatic carbocycles. The first kappa shape index (κ1) is 44.2. The number of aliphatic hydroxyl groups is 4. The van der Waals surface area contributed by atoms with Crippen LogP contribution in [-0.4, -0.2) is 89.0 Å². The highest BCUT2D eigenvalue weighted by molar-refractivity contribution is 5.70. The Morgan fingerprint density at radius 1 is 0.646 bits per heavy atom. The first-order valence-electron chi connectivity index (χ1n) is 18.9. The van der Waals surface area contributed by atoms with Gasteiger partial charge in [0.05, 0.1) is 13.2 Å². The van der Waals surface area contributed by atoms with Gasteiger partial charge in [-0.25, -0.2) is 0 Å². The predicted molar refractivity (Wildman–Crippen MR) is 187 cm³/mol. The van der Waals surface area contributed by atoms with Gasteiger partial charge in [-0.05, 0) is 44.9 Å². The van der Waals surface area contributed by atoms with E-state index in [4.69, 9.17) is 18.9 Å². The van der Waals surface area contributed by atoms with E-state index in [2.05, 4.69) is 38.2 Å². The van der Waals surface area contributed by atoms with Crippen LogP contribution >= 0.6 is 0 Å². The average molecular weight is 685 g/mol. The fourth-order valence-corrected chi connectivity index (χ4v) is 5.51. The molecule has 10 nitrogen and oxygen atoms in total. The lowest BCUT2D eigenvalue weighted by atomic mass is 9.99. The fourth-order valence-electron chi connectivity index (χ4n) is 5.51. The molecule has 0 spiro atoms. The summed E-state index contributed by atoms with van der Waals surface area (Å²) in [5.41, 5.74) is 0. The van der Waals surface area contributed by atoms with Gasteiger partial charge in [-0.3, -0.25) is 9.59 Å². The lowest BCUT2D eigenvalue weighted by Gasteiger charge is -2.39. The number of carbonyl (C=O) groups is 2. The van der Waals surface area contributed by atoms with Gasteiger partial charge in [0.25, 0.3) is 0 Å². The van der Waals surface area contributed by atoms with Gasteiger partial charge in [0.15, 0.2) is 12.4 Å². The Hall–Kier alpha value is -1.82. The van der Waals surface area contributed by atoms with Crippen molar-refractivity contribution in [2.24, 2.45) is 0 Å². The minimum Gasteiger partial charge on any atom is -0.462 e. The Balaban J connectivity index is 2.39. The van der Waals surface area contributed by atoms with E-state index >= 15 is 0 Å². The maximum absolute atomic E-state index is 12.7. The van der Waals surface area contributed by atoms with E-state index in [1.807, 2.05) is 0 Å². The van der Waals surface area contributed by atoms with E-state index < -0.39 is 49.4 Å². The molecule has 0 bridgehead atoms. The number of rotatable bonds is 30. The Morgan fingerprint density at radius 2 is 1.17 bits per heavy atom. The fraction of sp³-hybridized carbons (Fsp3) is 0.842. The monoisotopic (exact) mass is 684 g/mol. The van der Waals surface area contributed by atoms with Crippen LogP contribution in [-0.2, 0) is 28.5 Å². The van der Waals surface area contributed by atoms with Gasteiger partial charge < -0.3 is 39.4 Å². The maximum Gasteiger partial charge on any atom is 0.306 e. The molecular formula is C38H68O10. The normalized spacial score (nSPS) is 22.0. The summed E-state index contributed by atoms with van der Waals surface area (Å²) in [7, 11) is 0. The summed E-state index contributed by atoms with van der Waals surface area (Å²) < 4.78 is 22.0. The molecule has 0 aliphatic carbocycles. The van der Waals surface area contributed by atoms with E-state index in [0.717, 1.165) is 64.2 Å². The average Bonchev–Trinajstić information content (AvgIpc) is 3.08. The Bertz CT molecular complexity index is 845. The zero-order valence-corrected chi connectivity index (χ0v) is 30.0. The number of esters is 2. The van der Waals surface area contributed by atoms with E-state index in [1.54, 1.807) is 0 Å². The van der Waals surface area contributed by atoms with Crippen molar-refractivity contribution in [1.82, 2.24) is 0 Å². The van der Waals surface area contributed by atoms with Gasteiger partial charge in [0.2, 0.25) is 0 Å². The summed E-state index contributed by atoms with van der Waals surface area (Å²) in [6, 6.07) is 0. The van der Waals surface area contributed by atoms with E-state index in [9.17, 15) is 30.0 Å². The standard InChI is InChI=1S/C38H68O10/c1-3-5-7-9-11-12-13-14-15-16-17-18-19-21-23-25-27-34(41)47-31(29-45-33(40)26-24-22-20-10-8-6-4-2)30-46-38-37(44)36(43)35(42)32(28-39)48-38/h12-13,15-16,31-32,35-39,42-44H,3-11,14,17-30H2,1-2H3/b13-12-,16-15-. The smallest absolute Gasteiger partial charge is 0.306 e. The molecule has 0 amide bonds. The van der Waals surface area contributed by atoms with Crippen LogP contribution < -0.4 is 0 Å². The van der Waals surface area contributed by atoms with Crippen molar-refractivity contribution in [3.8, 4) is 0 Å². The van der Waals surface area contributed by atoms with Crippen LogP contribution in [0.15, 0.2) is 24.3 Å². The van der Waals surface area contributed by atoms with Crippen LogP contribution in [0.4, 0.5) is 0 Å². The van der Waals surface area contributed by atoms with Crippen molar-refractivity contribution < 1.29 is 49.0 Å². The number of ether oxygens (including phenoxy) is 4. The number of aliphatic hydroxyl groups excluding tert-OH is 4. The molecule has 6 atom stereocenters. The molecule has 280 valence electrons. The van der Waals surface area contributed by atoms with E-state index in [-0.39, 0.29) is 32.0 Å². The number of carbonyl (C=O) groups excluding carboxylic acids is 2. The third-order valence-electron chi connectivity index (χ3n) is 8.59. The second-order valence-corrected chi connectivity index (χ2v) is 13.0. The highest BCUT2D eigenvalue weighted by Crippen LogP contribution is 2.22. The van der Waals surface area contributed by atoms with Crippen LogP contribution in [0.25, 0.3) is 0 Å². The van der Waals surface area contributed by atoms with Crippen molar-refractivity contribution >= 4 is 11.9 Å². The molecule has 1 aliphatic heterocycles. The molecule has 1 fully saturated rings. The molecule has 48 heavy (non-hydrogen) atoms. The summed E-state index contributed by atoms with van der Waals surface area (Å²) in [6.45, 7) is 3.32. The van der Waals surface area contributed by atoms with Crippen LogP contribution in [0.3, 0.4) is 0 Å². The maximum atomic E-state index is 12.7. The second-order valence-electron chi connectivity index (χ2n) is 13.0. The van der Waals surface area contributed by atoms with Crippen molar-refractivity contribution in [3.63, 3.8) is 0 Å². The Labute approximate surface area is 290 Å². The Morgan fingerprint density at radius 3 is 1.75 bits per heavy atom. The third kappa shape index (κ3) is 22.0. The minimum atomic E-state index is -1.59. The first-order chi connectivity index (χ1) is 23.3. The van der Waals surface area contributed by atoms with Crippen molar-refractivity contribution in [2.75, 3.05) is 19.8 Å². The molecule has 4 N–H and O–H groups in total. The van der Waals surface area contributed by atoms with Crippen LogP contribution in [0, 0.1) is 0 Å². The molecule has 1 heterocycles. The lowest BCUT2D eigenvalue weighted by molar-refractivity contribution is -0.305. The van der Waals surface area contributed by atoms with Crippen LogP contribution in [0.5, 0.6) is 0 Å². The van der Waals surface area contributed by atoms with Gasteiger partial charge in [0.1, 0.15) is 31.0 Å². The minimum absolute atomic E-state index is 0.215. The molecule has 0 aromatic rings. The molecule has 0 radical (unpaired) electrons. The topological polar surface area (TPSA) is 152 Å². The largest absolute Gasteiger partial charge is 0.462 e. The van der Waals surface area contributed by atoms with Crippen LogP contribution in [0.1, 0.15) is 149 Å². The SMILES string of the molecule is CCCCCC/C=C\C/C=C\CCCCCCCC(=O)OC(COC(=O)CCCCCCCCC)COC1OC(CO)C(O)C(O)C1O. The highest BCUT2D eigenvalue weighted by atomic mass is 16.7. The highest BCUT2D eigenvalue weighted by Gasteiger charge is 2.44. The third-order valence-corrected chi connectivity index (χ3v) is 8.59. The number of allylic oxidation sites excluding steroid dienone is 4. The number of unbranched alkanes of at least 4 members (excludes halogenated alkanes) is 15. The summed E-state index contributed by atoms with van der Waals surface area (Å²) in [4.78, 5) is 25.0. The van der Waals surface area contributed by atoms with Crippen molar-refractivity contribution in [3.05, 3.63) is 24.3 Å². The second kappa shape index (κ2) is 30.0. The summed E-state index contributed by atoms with van der Waals surface area (Å²) >= 11 is 0. The molecule has 6 unspecified atom stereocenters. The quantitative estimate of drug-likeness (QED) is 0.0370. The summed E-state index contributed by atoms with van der Waals surface area (Å²) in [5, 5.41) is 39.8. The zero-order chi connectivity index (χ0) is 35.2. The number of hydrogen-bond acceptors (Lipinski definition) is 10.